The van der Waals surface area contributed by atoms with Crippen molar-refractivity contribution in [1.29, 1.82) is 0 Å². The molecule has 1 aromatic rings. The zero-order valence-corrected chi connectivity index (χ0v) is 12.5. The summed E-state index contributed by atoms with van der Waals surface area (Å²) in [4.78, 5) is 0.180. The topological polar surface area (TPSA) is 81.4 Å². The molecule has 0 saturated carbocycles. The van der Waals surface area contributed by atoms with Gasteiger partial charge in [0.15, 0.2) is 0 Å². The number of nitrogen functional groups attached to an aromatic ring is 1. The summed E-state index contributed by atoms with van der Waals surface area (Å²) >= 11 is 0. The van der Waals surface area contributed by atoms with Gasteiger partial charge in [0.1, 0.15) is 0 Å². The molecule has 0 aliphatic carbocycles. The molecule has 0 saturated heterocycles. The number of nitrogens with one attached hydrogen (secondary N) is 1. The monoisotopic (exact) mass is 286 g/mol. The summed E-state index contributed by atoms with van der Waals surface area (Å²) in [7, 11) is -3.51. The number of hydrogen-bond donors (Lipinski definition) is 2. The summed E-state index contributed by atoms with van der Waals surface area (Å²) < 4.78 is 31.7. The molecule has 0 amide bonds. The van der Waals surface area contributed by atoms with Crippen molar-refractivity contribution in [3.63, 3.8) is 0 Å². The van der Waals surface area contributed by atoms with Crippen molar-refractivity contribution in [3.05, 3.63) is 23.8 Å². The number of benzene rings is 1. The Morgan fingerprint density at radius 2 is 2.05 bits per heavy atom. The molecular weight excluding hydrogens is 264 g/mol. The lowest BCUT2D eigenvalue weighted by atomic mass is 10.2. The molecule has 0 radical (unpaired) electrons. The third kappa shape index (κ3) is 5.18. The van der Waals surface area contributed by atoms with Crippen molar-refractivity contribution < 1.29 is 13.2 Å². The number of hydrogen-bond acceptors (Lipinski definition) is 4. The van der Waals surface area contributed by atoms with Gasteiger partial charge in [-0.3, -0.25) is 0 Å². The summed E-state index contributed by atoms with van der Waals surface area (Å²) in [5.41, 5.74) is 7.04. The molecule has 6 heteroatoms. The van der Waals surface area contributed by atoms with Gasteiger partial charge in [-0.15, -0.1) is 0 Å². The molecule has 0 fully saturated rings. The summed E-state index contributed by atoms with van der Waals surface area (Å²) in [6.07, 6.45) is 0. The second-order valence-electron chi connectivity index (χ2n) is 4.88. The van der Waals surface area contributed by atoms with E-state index < -0.39 is 10.0 Å². The largest absolute Gasteiger partial charge is 0.398 e. The fourth-order valence-electron chi connectivity index (χ4n) is 1.44. The van der Waals surface area contributed by atoms with E-state index in [2.05, 4.69) is 4.72 Å². The molecule has 0 aliphatic heterocycles. The normalized spacial score (nSPS) is 12.0. The number of nitrogens with two attached hydrogens (primary N) is 1. The molecule has 5 nitrogen and oxygen atoms in total. The van der Waals surface area contributed by atoms with Gasteiger partial charge in [0.25, 0.3) is 0 Å². The van der Waals surface area contributed by atoms with Crippen molar-refractivity contribution in [2.45, 2.75) is 25.7 Å². The maximum absolute atomic E-state index is 12.0. The van der Waals surface area contributed by atoms with Crippen molar-refractivity contribution in [2.75, 3.05) is 25.5 Å². The van der Waals surface area contributed by atoms with Crippen LogP contribution in [0.25, 0.3) is 0 Å². The van der Waals surface area contributed by atoms with Gasteiger partial charge in [-0.1, -0.05) is 19.9 Å². The molecule has 0 aliphatic rings. The third-order valence-electron chi connectivity index (χ3n) is 2.55. The fourth-order valence-corrected chi connectivity index (χ4v) is 2.48. The average Bonchev–Trinajstić information content (AvgIpc) is 2.31. The maximum atomic E-state index is 12.0. The van der Waals surface area contributed by atoms with Crippen LogP contribution in [0.3, 0.4) is 0 Å². The van der Waals surface area contributed by atoms with Crippen LogP contribution in [0.4, 0.5) is 5.69 Å². The van der Waals surface area contributed by atoms with Crippen LogP contribution in [-0.2, 0) is 14.8 Å². The fraction of sp³-hybridized carbons (Fsp3) is 0.538. The van der Waals surface area contributed by atoms with Gasteiger partial charge in [0.2, 0.25) is 10.0 Å². The lowest BCUT2D eigenvalue weighted by Crippen LogP contribution is -2.28. The second-order valence-corrected chi connectivity index (χ2v) is 6.65. The predicted octanol–water partition coefficient (Wildman–Crippen LogP) is 1.53. The third-order valence-corrected chi connectivity index (χ3v) is 4.01. The van der Waals surface area contributed by atoms with E-state index in [1.165, 1.54) is 6.07 Å². The van der Waals surface area contributed by atoms with Crippen LogP contribution in [0.2, 0.25) is 0 Å². The predicted molar refractivity (Wildman–Crippen MR) is 76.4 cm³/mol. The Morgan fingerprint density at radius 3 is 2.63 bits per heavy atom. The van der Waals surface area contributed by atoms with Gasteiger partial charge in [0, 0.05) is 18.8 Å². The highest BCUT2D eigenvalue weighted by molar-refractivity contribution is 7.89. The highest BCUT2D eigenvalue weighted by Crippen LogP contribution is 2.16. The number of rotatable bonds is 7. The molecule has 3 N–H and O–H groups in total. The average molecular weight is 286 g/mol. The molecule has 0 aromatic heterocycles. The first-order valence-electron chi connectivity index (χ1n) is 6.26. The maximum Gasteiger partial charge on any atom is 0.240 e. The molecule has 1 rings (SSSR count). The Balaban J connectivity index is 2.54. The number of anilines is 1. The first-order valence-corrected chi connectivity index (χ1v) is 7.75. The van der Waals surface area contributed by atoms with Crippen LogP contribution >= 0.6 is 0 Å². The lowest BCUT2D eigenvalue weighted by molar-refractivity contribution is 0.114. The van der Waals surface area contributed by atoms with Gasteiger partial charge in [-0.25, -0.2) is 13.1 Å². The van der Waals surface area contributed by atoms with Gasteiger partial charge in [-0.2, -0.15) is 0 Å². The number of sulfonamides is 1. The quantitative estimate of drug-likeness (QED) is 0.588. The Kier molecular flexibility index (Phi) is 5.78. The van der Waals surface area contributed by atoms with Gasteiger partial charge in [0.05, 0.1) is 11.5 Å². The molecule has 0 spiro atoms. The summed E-state index contributed by atoms with van der Waals surface area (Å²) in [5, 5.41) is 0. The molecular formula is C13H22N2O3S. The van der Waals surface area contributed by atoms with E-state index in [4.69, 9.17) is 10.5 Å². The van der Waals surface area contributed by atoms with Crippen LogP contribution in [-0.4, -0.2) is 28.2 Å². The molecule has 0 bridgehead atoms. The van der Waals surface area contributed by atoms with Crippen LogP contribution in [0, 0.1) is 12.8 Å². The van der Waals surface area contributed by atoms with Crippen LogP contribution in [0.5, 0.6) is 0 Å². The molecule has 19 heavy (non-hydrogen) atoms. The Labute approximate surface area is 115 Å². The van der Waals surface area contributed by atoms with Gasteiger partial charge >= 0.3 is 0 Å². The van der Waals surface area contributed by atoms with E-state index in [-0.39, 0.29) is 11.4 Å². The molecule has 108 valence electrons. The SMILES string of the molecule is Cc1ccc(S(=O)(=O)NCCOCC(C)C)cc1N. The van der Waals surface area contributed by atoms with Crippen LogP contribution < -0.4 is 10.5 Å². The first kappa shape index (κ1) is 15.9. The number of ether oxygens (including phenoxy) is 1. The zero-order valence-electron chi connectivity index (χ0n) is 11.6. The Hall–Kier alpha value is -1.11. The van der Waals surface area contributed by atoms with Crippen molar-refractivity contribution in [1.82, 2.24) is 4.72 Å². The molecule has 0 unspecified atom stereocenters. The van der Waals surface area contributed by atoms with Gasteiger partial charge < -0.3 is 10.5 Å². The highest BCUT2D eigenvalue weighted by Gasteiger charge is 2.14. The molecule has 1 aromatic carbocycles. The van der Waals surface area contributed by atoms with E-state index >= 15 is 0 Å². The van der Waals surface area contributed by atoms with Crippen LogP contribution in [0.15, 0.2) is 23.1 Å². The molecule has 0 atom stereocenters. The van der Waals surface area contributed by atoms with Crippen molar-refractivity contribution in [2.24, 2.45) is 5.92 Å². The minimum Gasteiger partial charge on any atom is -0.398 e. The van der Waals surface area contributed by atoms with Crippen molar-refractivity contribution in [3.8, 4) is 0 Å². The summed E-state index contributed by atoms with van der Waals surface area (Å²) in [6.45, 7) is 7.15. The van der Waals surface area contributed by atoms with Crippen LogP contribution in [0.1, 0.15) is 19.4 Å². The zero-order chi connectivity index (χ0) is 14.5. The van der Waals surface area contributed by atoms with Crippen molar-refractivity contribution >= 4 is 15.7 Å². The van der Waals surface area contributed by atoms with E-state index in [1.807, 2.05) is 20.8 Å². The summed E-state index contributed by atoms with van der Waals surface area (Å²) in [5.74, 6) is 0.438. The Morgan fingerprint density at radius 1 is 1.37 bits per heavy atom. The minimum absolute atomic E-state index is 0.180. The second kappa shape index (κ2) is 6.88. The van der Waals surface area contributed by atoms with Gasteiger partial charge in [-0.05, 0) is 30.5 Å². The standard InChI is InChI=1S/C13H22N2O3S/c1-10(2)9-18-7-6-15-19(16,17)12-5-4-11(3)13(14)8-12/h4-5,8,10,15H,6-7,9,14H2,1-3H3. The highest BCUT2D eigenvalue weighted by atomic mass is 32.2. The van der Waals surface area contributed by atoms with E-state index in [0.29, 0.717) is 24.8 Å². The lowest BCUT2D eigenvalue weighted by Gasteiger charge is -2.10. The summed E-state index contributed by atoms with van der Waals surface area (Å²) in [6, 6.07) is 4.70. The number of aryl methyl sites for hydroxylation is 1. The van der Waals surface area contributed by atoms with E-state index in [9.17, 15) is 8.42 Å². The Bertz CT molecular complexity index is 513. The molecule has 0 heterocycles. The first-order chi connectivity index (χ1) is 8.83. The van der Waals surface area contributed by atoms with E-state index in [0.717, 1.165) is 5.56 Å². The van der Waals surface area contributed by atoms with E-state index in [1.54, 1.807) is 12.1 Å². The smallest absolute Gasteiger partial charge is 0.240 e. The minimum atomic E-state index is -3.51.